The van der Waals surface area contributed by atoms with E-state index in [2.05, 4.69) is 18.5 Å². The van der Waals surface area contributed by atoms with E-state index in [0.717, 1.165) is 13.1 Å². The summed E-state index contributed by atoms with van der Waals surface area (Å²) >= 11 is 0. The molecule has 0 atom stereocenters. The van der Waals surface area contributed by atoms with Crippen LogP contribution in [0.3, 0.4) is 0 Å². The fraction of sp³-hybridized carbons (Fsp3) is 0.500. The molecule has 0 aromatic heterocycles. The van der Waals surface area contributed by atoms with Crippen molar-refractivity contribution in [2.45, 2.75) is 20.8 Å². The molecule has 0 heterocycles. The Morgan fingerprint density at radius 3 is 1.75 bits per heavy atom. The van der Waals surface area contributed by atoms with Gasteiger partial charge >= 0.3 is 0 Å². The third-order valence-electron chi connectivity index (χ3n) is 1.79. The van der Waals surface area contributed by atoms with E-state index in [-0.39, 0.29) is 11.8 Å². The van der Waals surface area contributed by atoms with Gasteiger partial charge in [0.25, 0.3) is 0 Å². The molecule has 0 aromatic rings. The van der Waals surface area contributed by atoms with Crippen molar-refractivity contribution in [3.8, 4) is 0 Å². The molecule has 0 rings (SSSR count). The predicted molar refractivity (Wildman–Crippen MR) is 67.0 cm³/mol. The van der Waals surface area contributed by atoms with Gasteiger partial charge in [-0.1, -0.05) is 13.2 Å². The van der Waals surface area contributed by atoms with Crippen LogP contribution in [-0.4, -0.2) is 36.3 Å². The van der Waals surface area contributed by atoms with E-state index in [9.17, 15) is 9.59 Å². The van der Waals surface area contributed by atoms with Gasteiger partial charge in [0.1, 0.15) is 0 Å². The van der Waals surface area contributed by atoms with Gasteiger partial charge in [0.15, 0.2) is 0 Å². The summed E-state index contributed by atoms with van der Waals surface area (Å²) in [6, 6.07) is 0. The summed E-state index contributed by atoms with van der Waals surface area (Å²) < 4.78 is 0. The molecule has 4 heteroatoms. The highest BCUT2D eigenvalue weighted by Gasteiger charge is 2.01. The van der Waals surface area contributed by atoms with Gasteiger partial charge in [0, 0.05) is 19.6 Å². The molecule has 0 aliphatic carbocycles. The number of rotatable bonds is 5. The fourth-order valence-electron chi connectivity index (χ4n) is 0.911. The molecule has 0 saturated carbocycles. The normalized spacial score (nSPS) is 8.19. The SMILES string of the molecule is C=CC(=O)N(CC)CC.C=CC(=O)NCC. The Morgan fingerprint density at radius 2 is 1.62 bits per heavy atom. The first-order chi connectivity index (χ1) is 7.56. The highest BCUT2D eigenvalue weighted by molar-refractivity contribution is 5.87. The molecule has 0 fully saturated rings. The van der Waals surface area contributed by atoms with E-state index in [1.165, 1.54) is 12.2 Å². The van der Waals surface area contributed by atoms with Crippen LogP contribution in [0.2, 0.25) is 0 Å². The van der Waals surface area contributed by atoms with E-state index in [0.29, 0.717) is 6.54 Å². The minimum atomic E-state index is -0.109. The molecular weight excluding hydrogens is 204 g/mol. The molecule has 0 aromatic carbocycles. The van der Waals surface area contributed by atoms with Gasteiger partial charge in [0.05, 0.1) is 0 Å². The van der Waals surface area contributed by atoms with Gasteiger partial charge < -0.3 is 10.2 Å². The van der Waals surface area contributed by atoms with Crippen LogP contribution >= 0.6 is 0 Å². The largest absolute Gasteiger partial charge is 0.353 e. The van der Waals surface area contributed by atoms with E-state index < -0.39 is 0 Å². The Bertz CT molecular complexity index is 233. The number of amides is 2. The lowest BCUT2D eigenvalue weighted by molar-refractivity contribution is -0.125. The second kappa shape index (κ2) is 11.5. The lowest BCUT2D eigenvalue weighted by Gasteiger charge is -2.15. The Morgan fingerprint density at radius 1 is 1.12 bits per heavy atom. The topological polar surface area (TPSA) is 49.4 Å². The van der Waals surface area contributed by atoms with Gasteiger partial charge in [-0.25, -0.2) is 0 Å². The van der Waals surface area contributed by atoms with Crippen LogP contribution in [-0.2, 0) is 9.59 Å². The fourth-order valence-corrected chi connectivity index (χ4v) is 0.911. The average molecular weight is 226 g/mol. The summed E-state index contributed by atoms with van der Waals surface area (Å²) in [5.41, 5.74) is 0. The van der Waals surface area contributed by atoms with Crippen LogP contribution in [0.15, 0.2) is 25.3 Å². The molecule has 0 spiro atoms. The summed E-state index contributed by atoms with van der Waals surface area (Å²) in [4.78, 5) is 22.7. The molecule has 92 valence electrons. The zero-order valence-corrected chi connectivity index (χ0v) is 10.5. The monoisotopic (exact) mass is 226 g/mol. The lowest BCUT2D eigenvalue weighted by atomic mass is 10.4. The Kier molecular flexibility index (Phi) is 12.1. The van der Waals surface area contributed by atoms with Crippen molar-refractivity contribution >= 4 is 11.8 Å². The molecule has 1 N–H and O–H groups in total. The van der Waals surface area contributed by atoms with E-state index >= 15 is 0 Å². The average Bonchev–Trinajstić information content (AvgIpc) is 2.31. The van der Waals surface area contributed by atoms with Crippen molar-refractivity contribution in [3.63, 3.8) is 0 Å². The third kappa shape index (κ3) is 8.99. The molecular formula is C12H22N2O2. The highest BCUT2D eigenvalue weighted by atomic mass is 16.2. The number of likely N-dealkylation sites (N-methyl/N-ethyl adjacent to an activating group) is 2. The number of hydrogen-bond donors (Lipinski definition) is 1. The number of carbonyl (C=O) groups is 2. The van der Waals surface area contributed by atoms with Crippen molar-refractivity contribution in [3.05, 3.63) is 25.3 Å². The maximum absolute atomic E-state index is 10.8. The first-order valence-electron chi connectivity index (χ1n) is 5.38. The third-order valence-corrected chi connectivity index (χ3v) is 1.79. The van der Waals surface area contributed by atoms with Crippen LogP contribution < -0.4 is 5.32 Å². The zero-order chi connectivity index (χ0) is 13.0. The van der Waals surface area contributed by atoms with Gasteiger partial charge in [-0.3, -0.25) is 9.59 Å². The van der Waals surface area contributed by atoms with E-state index in [4.69, 9.17) is 0 Å². The zero-order valence-electron chi connectivity index (χ0n) is 10.5. The van der Waals surface area contributed by atoms with Gasteiger partial charge in [0.2, 0.25) is 11.8 Å². The number of hydrogen-bond acceptors (Lipinski definition) is 2. The first-order valence-corrected chi connectivity index (χ1v) is 5.38. The molecule has 0 unspecified atom stereocenters. The Hall–Kier alpha value is -1.58. The van der Waals surface area contributed by atoms with E-state index in [1.54, 1.807) is 4.90 Å². The van der Waals surface area contributed by atoms with Crippen molar-refractivity contribution in [2.75, 3.05) is 19.6 Å². The Labute approximate surface area is 98.0 Å². The second-order valence-corrected chi connectivity index (χ2v) is 2.81. The van der Waals surface area contributed by atoms with Crippen molar-refractivity contribution in [1.29, 1.82) is 0 Å². The first kappa shape index (κ1) is 16.8. The maximum Gasteiger partial charge on any atom is 0.245 e. The van der Waals surface area contributed by atoms with Crippen molar-refractivity contribution in [1.82, 2.24) is 10.2 Å². The highest BCUT2D eigenvalue weighted by Crippen LogP contribution is 1.87. The quantitative estimate of drug-likeness (QED) is 0.719. The molecule has 0 aliphatic heterocycles. The molecule has 0 bridgehead atoms. The lowest BCUT2D eigenvalue weighted by Crippen LogP contribution is -2.28. The predicted octanol–water partition coefficient (Wildman–Crippen LogP) is 1.35. The Balaban J connectivity index is 0. The van der Waals surface area contributed by atoms with Crippen molar-refractivity contribution in [2.24, 2.45) is 0 Å². The van der Waals surface area contributed by atoms with Crippen LogP contribution in [0.25, 0.3) is 0 Å². The second-order valence-electron chi connectivity index (χ2n) is 2.81. The van der Waals surface area contributed by atoms with Crippen LogP contribution in [0.4, 0.5) is 0 Å². The van der Waals surface area contributed by atoms with Crippen LogP contribution in [0, 0.1) is 0 Å². The standard InChI is InChI=1S/C7H13NO.C5H9NO/c1-4-7(9)8(5-2)6-3;1-3-5(7)6-4-2/h4H,1,5-6H2,2-3H3;3H,1,4H2,2H3,(H,6,7). The van der Waals surface area contributed by atoms with Gasteiger partial charge in [-0.05, 0) is 32.9 Å². The molecule has 2 amide bonds. The molecule has 0 aliphatic rings. The molecule has 0 radical (unpaired) electrons. The number of carbonyl (C=O) groups excluding carboxylic acids is 2. The van der Waals surface area contributed by atoms with Crippen LogP contribution in [0.1, 0.15) is 20.8 Å². The number of nitrogens with one attached hydrogen (secondary N) is 1. The maximum atomic E-state index is 10.8. The van der Waals surface area contributed by atoms with Gasteiger partial charge in [-0.2, -0.15) is 0 Å². The summed E-state index contributed by atoms with van der Waals surface area (Å²) in [5.74, 6) is -0.0949. The summed E-state index contributed by atoms with van der Waals surface area (Å²) in [6.45, 7) is 14.6. The summed E-state index contributed by atoms with van der Waals surface area (Å²) in [6.07, 6.45) is 2.59. The minimum Gasteiger partial charge on any atom is -0.353 e. The smallest absolute Gasteiger partial charge is 0.245 e. The van der Waals surface area contributed by atoms with Crippen LogP contribution in [0.5, 0.6) is 0 Å². The van der Waals surface area contributed by atoms with E-state index in [1.807, 2.05) is 20.8 Å². The van der Waals surface area contributed by atoms with Crippen molar-refractivity contribution < 1.29 is 9.59 Å². The summed E-state index contributed by atoms with van der Waals surface area (Å²) in [7, 11) is 0. The molecule has 16 heavy (non-hydrogen) atoms. The molecule has 0 saturated heterocycles. The van der Waals surface area contributed by atoms with Gasteiger partial charge in [-0.15, -0.1) is 0 Å². The summed E-state index contributed by atoms with van der Waals surface area (Å²) in [5, 5.41) is 2.54. The molecule has 4 nitrogen and oxygen atoms in total. The minimum absolute atomic E-state index is 0.0139. The number of nitrogens with zero attached hydrogens (tertiary/aromatic N) is 1.